The molecule has 0 bridgehead atoms. The van der Waals surface area contributed by atoms with Crippen molar-refractivity contribution in [1.29, 1.82) is 0 Å². The van der Waals surface area contributed by atoms with Gasteiger partial charge in [-0.15, -0.1) is 0 Å². The number of para-hydroxylation sites is 1. The molecular formula is C38H29N3O. The second kappa shape index (κ2) is 10.1. The Morgan fingerprint density at radius 1 is 0.738 bits per heavy atom. The van der Waals surface area contributed by atoms with E-state index >= 15 is 0 Å². The van der Waals surface area contributed by atoms with Crippen LogP contribution in [0, 0.1) is 0 Å². The van der Waals surface area contributed by atoms with Gasteiger partial charge in [0.2, 0.25) is 0 Å². The number of allylic oxidation sites excluding steroid dienone is 5. The number of rotatable bonds is 4. The minimum Gasteiger partial charge on any atom is -0.460 e. The predicted octanol–water partition coefficient (Wildman–Crippen LogP) is 9.50. The van der Waals surface area contributed by atoms with Gasteiger partial charge in [0.15, 0.2) is 11.6 Å². The summed E-state index contributed by atoms with van der Waals surface area (Å²) in [5.74, 6) is 3.52. The molecule has 0 saturated carbocycles. The molecule has 2 atom stereocenters. The molecule has 0 amide bonds. The van der Waals surface area contributed by atoms with Gasteiger partial charge in [0, 0.05) is 33.9 Å². The fourth-order valence-electron chi connectivity index (χ4n) is 6.25. The zero-order valence-corrected chi connectivity index (χ0v) is 23.4. The molecule has 2 aromatic heterocycles. The average Bonchev–Trinajstić information content (AvgIpc) is 3.46. The third-order valence-corrected chi connectivity index (χ3v) is 8.47. The second-order valence-corrected chi connectivity index (χ2v) is 11.2. The summed E-state index contributed by atoms with van der Waals surface area (Å²) >= 11 is 0. The molecule has 0 radical (unpaired) electrons. The molecule has 0 saturated heterocycles. The van der Waals surface area contributed by atoms with Crippen molar-refractivity contribution in [3.63, 3.8) is 0 Å². The topological polar surface area (TPSA) is 51.8 Å². The van der Waals surface area contributed by atoms with Crippen LogP contribution < -0.4 is 0 Å². The van der Waals surface area contributed by atoms with Crippen LogP contribution in [0.15, 0.2) is 126 Å². The number of hydrogen-bond donors (Lipinski definition) is 0. The number of hydrogen-bond acceptors (Lipinski definition) is 4. The van der Waals surface area contributed by atoms with E-state index in [4.69, 9.17) is 19.4 Å². The molecule has 6 aromatic rings. The van der Waals surface area contributed by atoms with Crippen molar-refractivity contribution in [2.45, 2.75) is 31.6 Å². The molecule has 4 heteroatoms. The van der Waals surface area contributed by atoms with Gasteiger partial charge in [-0.05, 0) is 46.9 Å². The normalized spacial score (nSPS) is 18.1. The van der Waals surface area contributed by atoms with Crippen molar-refractivity contribution in [1.82, 2.24) is 15.0 Å². The zero-order valence-electron chi connectivity index (χ0n) is 23.4. The van der Waals surface area contributed by atoms with Crippen LogP contribution in [0.1, 0.15) is 60.1 Å². The maximum absolute atomic E-state index is 6.40. The lowest BCUT2D eigenvalue weighted by Crippen LogP contribution is -2.12. The van der Waals surface area contributed by atoms with Gasteiger partial charge in [0.1, 0.15) is 17.2 Å². The predicted molar refractivity (Wildman–Crippen MR) is 170 cm³/mol. The second-order valence-electron chi connectivity index (χ2n) is 11.2. The maximum Gasteiger partial charge on any atom is 0.164 e. The molecule has 0 fully saturated rings. The molecular weight excluding hydrogens is 514 g/mol. The molecule has 0 spiro atoms. The van der Waals surface area contributed by atoms with E-state index in [2.05, 4.69) is 116 Å². The molecule has 0 N–H and O–H groups in total. The van der Waals surface area contributed by atoms with Gasteiger partial charge < -0.3 is 4.42 Å². The lowest BCUT2D eigenvalue weighted by atomic mass is 9.87. The molecule has 4 aromatic carbocycles. The molecule has 2 unspecified atom stereocenters. The Hall–Kier alpha value is -5.09. The van der Waals surface area contributed by atoms with Gasteiger partial charge in [-0.25, -0.2) is 15.0 Å². The number of nitrogens with zero attached hydrogens (tertiary/aromatic N) is 3. The standard InChI is InChI=1S/C38H29N3O/c1-24-18-21-32(34-31-16-7-8-17-33(31)42-35(24)34)38-40-36(29-15-9-14-28(22-29)25-10-3-2-4-11-25)39-37(41-38)30-20-19-26-12-5-6-13-27(26)23-30/h2-17,19-21,23-24,29H,18,22H2,1H3. The molecule has 0 aliphatic heterocycles. The highest BCUT2D eigenvalue weighted by atomic mass is 16.3. The largest absolute Gasteiger partial charge is 0.460 e. The van der Waals surface area contributed by atoms with E-state index in [0.717, 1.165) is 52.1 Å². The molecule has 8 rings (SSSR count). The summed E-state index contributed by atoms with van der Waals surface area (Å²) in [7, 11) is 0. The van der Waals surface area contributed by atoms with Gasteiger partial charge in [-0.1, -0.05) is 116 Å². The van der Waals surface area contributed by atoms with Gasteiger partial charge >= 0.3 is 0 Å². The quantitative estimate of drug-likeness (QED) is 0.222. The summed E-state index contributed by atoms with van der Waals surface area (Å²) in [5, 5.41) is 3.47. The fourth-order valence-corrected chi connectivity index (χ4v) is 6.25. The van der Waals surface area contributed by atoms with E-state index in [9.17, 15) is 0 Å². The van der Waals surface area contributed by atoms with Crippen LogP contribution in [0.2, 0.25) is 0 Å². The van der Waals surface area contributed by atoms with Crippen molar-refractivity contribution >= 4 is 32.9 Å². The Labute approximate surface area is 244 Å². The van der Waals surface area contributed by atoms with Crippen molar-refractivity contribution in [2.75, 3.05) is 0 Å². The first-order valence-electron chi connectivity index (χ1n) is 14.6. The van der Waals surface area contributed by atoms with Crippen LogP contribution >= 0.6 is 0 Å². The maximum atomic E-state index is 6.40. The van der Waals surface area contributed by atoms with Crippen LogP contribution in [0.4, 0.5) is 0 Å². The number of furan rings is 1. The van der Waals surface area contributed by atoms with Gasteiger partial charge in [0.25, 0.3) is 0 Å². The third-order valence-electron chi connectivity index (χ3n) is 8.47. The van der Waals surface area contributed by atoms with Crippen molar-refractivity contribution in [3.05, 3.63) is 150 Å². The zero-order chi connectivity index (χ0) is 28.0. The van der Waals surface area contributed by atoms with Crippen LogP contribution in [0.5, 0.6) is 0 Å². The summed E-state index contributed by atoms with van der Waals surface area (Å²) in [6.07, 6.45) is 10.5. The van der Waals surface area contributed by atoms with Crippen molar-refractivity contribution in [3.8, 4) is 11.4 Å². The van der Waals surface area contributed by atoms with Crippen LogP contribution in [0.25, 0.3) is 44.3 Å². The van der Waals surface area contributed by atoms with E-state index in [1.165, 1.54) is 21.9 Å². The Morgan fingerprint density at radius 3 is 2.43 bits per heavy atom. The Kier molecular flexibility index (Phi) is 5.92. The van der Waals surface area contributed by atoms with Crippen LogP contribution in [0.3, 0.4) is 0 Å². The smallest absolute Gasteiger partial charge is 0.164 e. The van der Waals surface area contributed by atoms with E-state index < -0.39 is 0 Å². The summed E-state index contributed by atoms with van der Waals surface area (Å²) < 4.78 is 6.40. The van der Waals surface area contributed by atoms with Gasteiger partial charge in [0.05, 0.1) is 0 Å². The SMILES string of the molecule is CC1CC=C(c2nc(-c3ccc4ccccc4c3)nc(C3C=CC=C(c4ccccc4)C3)n2)c2c1oc1ccccc21. The molecule has 2 aliphatic rings. The summed E-state index contributed by atoms with van der Waals surface area (Å²) in [4.78, 5) is 15.5. The minimum atomic E-state index is 0.0369. The Balaban J connectivity index is 1.29. The first kappa shape index (κ1) is 24.7. The molecule has 42 heavy (non-hydrogen) atoms. The summed E-state index contributed by atoms with van der Waals surface area (Å²) in [6, 6.07) is 33.7. The Morgan fingerprint density at radius 2 is 1.52 bits per heavy atom. The molecule has 2 aliphatic carbocycles. The van der Waals surface area contributed by atoms with Gasteiger partial charge in [-0.2, -0.15) is 0 Å². The van der Waals surface area contributed by atoms with E-state index in [-0.39, 0.29) is 11.8 Å². The third kappa shape index (κ3) is 4.27. The molecule has 4 nitrogen and oxygen atoms in total. The average molecular weight is 544 g/mol. The highest BCUT2D eigenvalue weighted by Gasteiger charge is 2.29. The van der Waals surface area contributed by atoms with E-state index in [1.807, 2.05) is 12.1 Å². The first-order chi connectivity index (χ1) is 20.7. The number of fused-ring (bicyclic) bond motifs is 4. The van der Waals surface area contributed by atoms with E-state index in [1.54, 1.807) is 0 Å². The number of aromatic nitrogens is 3. The highest BCUT2D eigenvalue weighted by Crippen LogP contribution is 2.43. The Bertz CT molecular complexity index is 2070. The fraction of sp³-hybridized carbons (Fsp3) is 0.132. The van der Waals surface area contributed by atoms with Crippen LogP contribution in [-0.2, 0) is 0 Å². The number of benzene rings is 4. The van der Waals surface area contributed by atoms with E-state index in [0.29, 0.717) is 11.6 Å². The summed E-state index contributed by atoms with van der Waals surface area (Å²) in [5.41, 5.74) is 6.53. The van der Waals surface area contributed by atoms with Crippen molar-refractivity contribution in [2.24, 2.45) is 0 Å². The highest BCUT2D eigenvalue weighted by molar-refractivity contribution is 5.97. The minimum absolute atomic E-state index is 0.0369. The monoisotopic (exact) mass is 543 g/mol. The summed E-state index contributed by atoms with van der Waals surface area (Å²) in [6.45, 7) is 2.22. The lowest BCUT2D eigenvalue weighted by Gasteiger charge is -2.21. The van der Waals surface area contributed by atoms with Gasteiger partial charge in [-0.3, -0.25) is 0 Å². The molecule has 2 heterocycles. The van der Waals surface area contributed by atoms with Crippen molar-refractivity contribution < 1.29 is 4.42 Å². The lowest BCUT2D eigenvalue weighted by molar-refractivity contribution is 0.502. The van der Waals surface area contributed by atoms with Crippen LogP contribution in [-0.4, -0.2) is 15.0 Å². The first-order valence-corrected chi connectivity index (χ1v) is 14.6. The molecule has 202 valence electrons.